The molecule has 0 aromatic heterocycles. The highest BCUT2D eigenvalue weighted by atomic mass is 32.2. The van der Waals surface area contributed by atoms with Crippen LogP contribution in [0.4, 0.5) is 0 Å². The highest BCUT2D eigenvalue weighted by Crippen LogP contribution is 2.31. The van der Waals surface area contributed by atoms with Gasteiger partial charge in [-0.15, -0.1) is 0 Å². The largest absolute Gasteiger partial charge is 0.352 e. The Morgan fingerprint density at radius 2 is 2.00 bits per heavy atom. The summed E-state index contributed by atoms with van der Waals surface area (Å²) in [6, 6.07) is 4.74. The summed E-state index contributed by atoms with van der Waals surface area (Å²) in [5.41, 5.74) is 8.51. The van der Waals surface area contributed by atoms with Crippen LogP contribution in [0.1, 0.15) is 24.0 Å². The van der Waals surface area contributed by atoms with Crippen molar-refractivity contribution in [3.05, 3.63) is 47.1 Å². The van der Waals surface area contributed by atoms with Crippen LogP contribution in [-0.2, 0) is 10.0 Å². The molecule has 8 N–H and O–H groups in total. The Balaban J connectivity index is 2.67. The van der Waals surface area contributed by atoms with Crippen molar-refractivity contribution >= 4 is 21.4 Å². The van der Waals surface area contributed by atoms with Crippen LogP contribution in [0, 0.1) is 0 Å². The lowest BCUT2D eigenvalue weighted by Gasteiger charge is -2.16. The molecule has 0 radical (unpaired) electrons. The molecule has 1 aliphatic rings. The minimum atomic E-state index is -3.98. The molecule has 1 aliphatic carbocycles. The van der Waals surface area contributed by atoms with Gasteiger partial charge >= 0.3 is 5.84 Å². The third-order valence-electron chi connectivity index (χ3n) is 3.60. The van der Waals surface area contributed by atoms with E-state index in [1.165, 1.54) is 6.07 Å². The van der Waals surface area contributed by atoms with Gasteiger partial charge in [0.05, 0.1) is 15.6 Å². The van der Waals surface area contributed by atoms with Gasteiger partial charge < -0.3 is 5.73 Å². The van der Waals surface area contributed by atoms with Gasteiger partial charge in [-0.3, -0.25) is 11.3 Å². The maximum absolute atomic E-state index is 11.9. The van der Waals surface area contributed by atoms with Crippen LogP contribution in [0.5, 0.6) is 0 Å². The van der Waals surface area contributed by atoms with Crippen molar-refractivity contribution in [3.63, 3.8) is 0 Å². The van der Waals surface area contributed by atoms with Crippen molar-refractivity contribution in [3.8, 4) is 0 Å². The molecule has 0 unspecified atom stereocenters. The normalized spacial score (nSPS) is 15.4. The number of allylic oxidation sites excluding steroid dienone is 3. The Morgan fingerprint density at radius 1 is 1.26 bits per heavy atom. The average Bonchev–Trinajstić information content (AvgIpc) is 2.53. The number of hydrogen-bond acceptors (Lipinski definition) is 4. The minimum absolute atomic E-state index is 0.110. The molecule has 2 rings (SSSR count). The van der Waals surface area contributed by atoms with E-state index in [0.717, 1.165) is 17.6 Å². The van der Waals surface area contributed by atoms with Crippen molar-refractivity contribution in [2.45, 2.75) is 17.7 Å². The summed E-state index contributed by atoms with van der Waals surface area (Å²) in [6.45, 7) is 0.490. The topological polar surface area (TPSA) is 163 Å². The van der Waals surface area contributed by atoms with Crippen LogP contribution in [0.2, 0.25) is 0 Å². The first-order valence-electron chi connectivity index (χ1n) is 6.87. The van der Waals surface area contributed by atoms with Crippen LogP contribution in [0.25, 0.3) is 5.57 Å². The zero-order chi connectivity index (χ0) is 17.0. The predicted molar refractivity (Wildman–Crippen MR) is 87.2 cm³/mol. The summed E-state index contributed by atoms with van der Waals surface area (Å²) in [5.74, 6) is 4.92. The molecule has 122 valence electrons. The van der Waals surface area contributed by atoms with E-state index in [9.17, 15) is 8.42 Å². The molecule has 9 heteroatoms. The van der Waals surface area contributed by atoms with Gasteiger partial charge in [0.25, 0.3) is 0 Å². The molecular weight excluding hydrogens is 316 g/mol. The summed E-state index contributed by atoms with van der Waals surface area (Å²) in [6.07, 6.45) is 5.31. The molecule has 1 aromatic rings. The molecule has 0 fully saturated rings. The van der Waals surface area contributed by atoms with Gasteiger partial charge in [-0.25, -0.2) is 13.6 Å². The Morgan fingerprint density at radius 3 is 2.52 bits per heavy atom. The third-order valence-corrected chi connectivity index (χ3v) is 4.55. The first-order chi connectivity index (χ1) is 10.9. The third kappa shape index (κ3) is 3.70. The molecule has 8 nitrogen and oxygen atoms in total. The summed E-state index contributed by atoms with van der Waals surface area (Å²) in [7, 11) is -3.98. The van der Waals surface area contributed by atoms with Crippen molar-refractivity contribution in [2.24, 2.45) is 27.1 Å². The molecule has 1 aromatic carbocycles. The Hall–Kier alpha value is -2.36. The standard InChI is InChI=1S/C14H18N6O2S/c15-8-9-4-6-10(7-5-9)11-2-1-3-12(23(18,21)22)13(11)14(16)19-20-17/h1-4,6H,5,7-8,15H2,(H3,16,17,19)(H2,18,21,22)/p+1. The van der Waals surface area contributed by atoms with Crippen molar-refractivity contribution < 1.29 is 13.8 Å². The van der Waals surface area contributed by atoms with Crippen molar-refractivity contribution in [1.82, 2.24) is 0 Å². The molecule has 0 amide bonds. The van der Waals surface area contributed by atoms with Gasteiger partial charge in [0, 0.05) is 11.8 Å². The smallest absolute Gasteiger partial charge is 0.327 e. The summed E-state index contributed by atoms with van der Waals surface area (Å²) in [4.78, 5) is -0.116. The maximum atomic E-state index is 11.9. The molecule has 0 spiro atoms. The first-order valence-corrected chi connectivity index (χ1v) is 8.41. The van der Waals surface area contributed by atoms with Gasteiger partial charge in [-0.2, -0.15) is 0 Å². The lowest BCUT2D eigenvalue weighted by molar-refractivity contribution is -0.114. The first kappa shape index (κ1) is 17.0. The molecule has 0 saturated heterocycles. The van der Waals surface area contributed by atoms with Gasteiger partial charge in [-0.05, 0) is 30.0 Å². The fourth-order valence-corrected chi connectivity index (χ4v) is 3.25. The zero-order valence-corrected chi connectivity index (χ0v) is 13.3. The van der Waals surface area contributed by atoms with Crippen LogP contribution < -0.4 is 22.1 Å². The van der Waals surface area contributed by atoms with Crippen LogP contribution in [-0.4, -0.2) is 20.8 Å². The molecule has 0 bridgehead atoms. The fraction of sp³-hybridized carbons (Fsp3) is 0.214. The van der Waals surface area contributed by atoms with Gasteiger partial charge in [0.15, 0.2) is 0 Å². The summed E-state index contributed by atoms with van der Waals surface area (Å²) >= 11 is 0. The Kier molecular flexibility index (Phi) is 5.04. The fourth-order valence-electron chi connectivity index (χ4n) is 2.49. The second-order valence-electron chi connectivity index (χ2n) is 5.05. The van der Waals surface area contributed by atoms with E-state index >= 15 is 0 Å². The van der Waals surface area contributed by atoms with Crippen molar-refractivity contribution in [2.75, 3.05) is 6.54 Å². The molecule has 0 atom stereocenters. The number of nitrogens with two attached hydrogens (primary N) is 4. The van der Waals surface area contributed by atoms with Gasteiger partial charge in [0.1, 0.15) is 0 Å². The quantitative estimate of drug-likeness (QED) is 0.187. The van der Waals surface area contributed by atoms with Gasteiger partial charge in [-0.1, -0.05) is 29.9 Å². The van der Waals surface area contributed by atoms with E-state index in [1.807, 2.05) is 12.2 Å². The second-order valence-corrected chi connectivity index (χ2v) is 6.58. The van der Waals surface area contributed by atoms with Gasteiger partial charge in [0.2, 0.25) is 10.0 Å². The average molecular weight is 335 g/mol. The molecule has 23 heavy (non-hydrogen) atoms. The Labute approximate surface area is 134 Å². The molecular formula is C14H19N6O2S+. The van der Waals surface area contributed by atoms with Crippen LogP contribution >= 0.6 is 0 Å². The van der Waals surface area contributed by atoms with E-state index in [-0.39, 0.29) is 16.3 Å². The lowest BCUT2D eigenvalue weighted by atomic mass is 9.90. The van der Waals surface area contributed by atoms with E-state index < -0.39 is 10.0 Å². The number of nitrogens with zero attached hydrogens (tertiary/aromatic N) is 2. The molecule has 0 aliphatic heterocycles. The highest BCUT2D eigenvalue weighted by molar-refractivity contribution is 7.89. The number of rotatable bonds is 4. The van der Waals surface area contributed by atoms with E-state index in [2.05, 4.69) is 10.3 Å². The van der Waals surface area contributed by atoms with Crippen LogP contribution in [0.3, 0.4) is 0 Å². The number of hydrogen-bond donors (Lipinski definition) is 4. The number of primary sulfonamides is 1. The monoisotopic (exact) mass is 335 g/mol. The highest BCUT2D eigenvalue weighted by Gasteiger charge is 2.26. The van der Waals surface area contributed by atoms with Crippen LogP contribution in [0.15, 0.2) is 51.2 Å². The predicted octanol–water partition coefficient (Wildman–Crippen LogP) is -0.772. The Bertz CT molecular complexity index is 824. The lowest BCUT2D eigenvalue weighted by Crippen LogP contribution is -2.40. The van der Waals surface area contributed by atoms with E-state index in [4.69, 9.17) is 22.1 Å². The molecule has 0 saturated carbocycles. The number of amidine groups is 1. The SMILES string of the molecule is NCC1=CC=C(c2cccc(S(N)(=O)=O)c2C(=[NH2+])N=NN)CC1. The minimum Gasteiger partial charge on any atom is -0.327 e. The maximum Gasteiger partial charge on any atom is 0.352 e. The van der Waals surface area contributed by atoms with E-state index in [1.54, 1.807) is 12.1 Å². The molecule has 0 heterocycles. The van der Waals surface area contributed by atoms with E-state index in [0.29, 0.717) is 18.5 Å². The summed E-state index contributed by atoms with van der Waals surface area (Å²) < 4.78 is 23.7. The number of benzene rings is 1. The zero-order valence-electron chi connectivity index (χ0n) is 12.4. The second kappa shape index (κ2) is 6.82. The summed E-state index contributed by atoms with van der Waals surface area (Å²) in [5, 5.41) is 17.8. The number of sulfonamides is 1. The van der Waals surface area contributed by atoms with Crippen molar-refractivity contribution in [1.29, 1.82) is 0 Å².